The summed E-state index contributed by atoms with van der Waals surface area (Å²) in [6, 6.07) is 9.81. The third-order valence-corrected chi connectivity index (χ3v) is 3.78. The number of carbonyl (C=O) groups is 1. The number of hydrogen-bond acceptors (Lipinski definition) is 4. The van der Waals surface area contributed by atoms with Gasteiger partial charge in [-0.3, -0.25) is 9.48 Å². The van der Waals surface area contributed by atoms with Crippen molar-refractivity contribution in [2.24, 2.45) is 5.73 Å². The monoisotopic (exact) mass is 300 g/mol. The zero-order chi connectivity index (χ0) is 15.4. The number of nitrogens with zero attached hydrogens (tertiary/aromatic N) is 3. The van der Waals surface area contributed by atoms with Crippen LogP contribution in [0.15, 0.2) is 42.7 Å². The molecule has 2 aromatic rings. The first-order valence-corrected chi connectivity index (χ1v) is 7.45. The highest BCUT2D eigenvalue weighted by Crippen LogP contribution is 2.21. The van der Waals surface area contributed by atoms with Gasteiger partial charge in [-0.15, -0.1) is 0 Å². The normalized spacial score (nSPS) is 14.7. The highest BCUT2D eigenvalue weighted by molar-refractivity contribution is 5.79. The van der Waals surface area contributed by atoms with Crippen LogP contribution in [-0.2, 0) is 11.2 Å². The molecule has 0 aliphatic carbocycles. The van der Waals surface area contributed by atoms with E-state index in [9.17, 15) is 4.79 Å². The minimum atomic E-state index is 0.152. The molecule has 0 saturated carbocycles. The Morgan fingerprint density at radius 3 is 2.73 bits per heavy atom. The van der Waals surface area contributed by atoms with Crippen LogP contribution >= 0.6 is 0 Å². The maximum absolute atomic E-state index is 12.2. The molecule has 2 N–H and O–H groups in total. The van der Waals surface area contributed by atoms with Crippen LogP contribution in [0.25, 0.3) is 0 Å². The van der Waals surface area contributed by atoms with Crippen LogP contribution in [0.4, 0.5) is 0 Å². The third-order valence-electron chi connectivity index (χ3n) is 3.78. The summed E-state index contributed by atoms with van der Waals surface area (Å²) in [5.41, 5.74) is 6.39. The molecule has 0 atom stereocenters. The Morgan fingerprint density at radius 2 is 2.09 bits per heavy atom. The van der Waals surface area contributed by atoms with Crippen molar-refractivity contribution in [3.63, 3.8) is 0 Å². The lowest BCUT2D eigenvalue weighted by Gasteiger charge is -2.39. The van der Waals surface area contributed by atoms with E-state index < -0.39 is 0 Å². The molecule has 0 bridgehead atoms. The molecule has 1 saturated heterocycles. The molecule has 22 heavy (non-hydrogen) atoms. The van der Waals surface area contributed by atoms with Gasteiger partial charge in [0.1, 0.15) is 12.4 Å². The zero-order valence-corrected chi connectivity index (χ0v) is 12.4. The van der Waals surface area contributed by atoms with E-state index in [-0.39, 0.29) is 5.91 Å². The van der Waals surface area contributed by atoms with Crippen molar-refractivity contribution < 1.29 is 9.53 Å². The number of nitrogens with two attached hydrogens (primary N) is 1. The quantitative estimate of drug-likeness (QED) is 0.858. The standard InChI is InChI=1S/C16H20N4O2/c17-6-9-22-15-4-2-13(3-5-15)10-16(21)19-11-14(12-19)20-8-1-7-18-20/h1-5,7-8,14H,6,9-12,17H2. The number of ether oxygens (including phenoxy) is 1. The van der Waals surface area contributed by atoms with Crippen molar-refractivity contribution in [2.45, 2.75) is 12.5 Å². The molecule has 1 aliphatic heterocycles. The van der Waals surface area contributed by atoms with Crippen LogP contribution in [0.1, 0.15) is 11.6 Å². The van der Waals surface area contributed by atoms with Crippen molar-refractivity contribution in [2.75, 3.05) is 26.2 Å². The second kappa shape index (κ2) is 6.62. The van der Waals surface area contributed by atoms with Gasteiger partial charge in [0.25, 0.3) is 0 Å². The molecular formula is C16H20N4O2. The fraction of sp³-hybridized carbons (Fsp3) is 0.375. The van der Waals surface area contributed by atoms with Gasteiger partial charge in [-0.25, -0.2) is 0 Å². The van der Waals surface area contributed by atoms with Gasteiger partial charge in [-0.2, -0.15) is 5.10 Å². The maximum atomic E-state index is 12.2. The molecule has 6 heteroatoms. The second-order valence-corrected chi connectivity index (χ2v) is 5.40. The summed E-state index contributed by atoms with van der Waals surface area (Å²) >= 11 is 0. The van der Waals surface area contributed by atoms with E-state index in [2.05, 4.69) is 5.10 Å². The van der Waals surface area contributed by atoms with Crippen LogP contribution < -0.4 is 10.5 Å². The fourth-order valence-electron chi connectivity index (χ4n) is 2.49. The number of aromatic nitrogens is 2. The number of amides is 1. The Morgan fingerprint density at radius 1 is 1.32 bits per heavy atom. The summed E-state index contributed by atoms with van der Waals surface area (Å²) in [6.07, 6.45) is 4.12. The van der Waals surface area contributed by atoms with Gasteiger partial charge in [0, 0.05) is 32.0 Å². The molecule has 0 spiro atoms. The number of likely N-dealkylation sites (tertiary alicyclic amines) is 1. The first-order valence-electron chi connectivity index (χ1n) is 7.45. The van der Waals surface area contributed by atoms with Gasteiger partial charge in [-0.05, 0) is 23.8 Å². The van der Waals surface area contributed by atoms with E-state index in [1.54, 1.807) is 6.20 Å². The van der Waals surface area contributed by atoms with Gasteiger partial charge >= 0.3 is 0 Å². The summed E-state index contributed by atoms with van der Waals surface area (Å²) < 4.78 is 7.33. The van der Waals surface area contributed by atoms with Gasteiger partial charge in [-0.1, -0.05) is 12.1 Å². The predicted octanol–water partition coefficient (Wildman–Crippen LogP) is 0.847. The summed E-state index contributed by atoms with van der Waals surface area (Å²) in [7, 11) is 0. The van der Waals surface area contributed by atoms with Crippen LogP contribution in [0.3, 0.4) is 0 Å². The molecule has 0 unspecified atom stereocenters. The smallest absolute Gasteiger partial charge is 0.227 e. The highest BCUT2D eigenvalue weighted by atomic mass is 16.5. The molecule has 0 radical (unpaired) electrons. The average molecular weight is 300 g/mol. The van der Waals surface area contributed by atoms with Crippen molar-refractivity contribution in [1.29, 1.82) is 0 Å². The van der Waals surface area contributed by atoms with Crippen molar-refractivity contribution in [1.82, 2.24) is 14.7 Å². The fourth-order valence-corrected chi connectivity index (χ4v) is 2.49. The van der Waals surface area contributed by atoms with E-state index in [1.165, 1.54) is 0 Å². The average Bonchev–Trinajstić information content (AvgIpc) is 2.99. The van der Waals surface area contributed by atoms with E-state index in [0.29, 0.717) is 25.6 Å². The van der Waals surface area contributed by atoms with E-state index >= 15 is 0 Å². The molecule has 1 aromatic heterocycles. The van der Waals surface area contributed by atoms with Crippen LogP contribution in [0.2, 0.25) is 0 Å². The van der Waals surface area contributed by atoms with Crippen LogP contribution in [-0.4, -0.2) is 46.8 Å². The van der Waals surface area contributed by atoms with Crippen LogP contribution in [0, 0.1) is 0 Å². The van der Waals surface area contributed by atoms with E-state index in [0.717, 1.165) is 24.4 Å². The van der Waals surface area contributed by atoms with Gasteiger partial charge in [0.05, 0.1) is 12.5 Å². The van der Waals surface area contributed by atoms with Crippen molar-refractivity contribution >= 4 is 5.91 Å². The predicted molar refractivity (Wildman–Crippen MR) is 82.5 cm³/mol. The first kappa shape index (κ1) is 14.6. The van der Waals surface area contributed by atoms with Crippen molar-refractivity contribution in [3.8, 4) is 5.75 Å². The Kier molecular flexibility index (Phi) is 4.39. The lowest BCUT2D eigenvalue weighted by molar-refractivity contribution is -0.136. The number of benzene rings is 1. The van der Waals surface area contributed by atoms with Crippen LogP contribution in [0.5, 0.6) is 5.75 Å². The minimum absolute atomic E-state index is 0.152. The lowest BCUT2D eigenvalue weighted by Crippen LogP contribution is -2.51. The molecule has 6 nitrogen and oxygen atoms in total. The summed E-state index contributed by atoms with van der Waals surface area (Å²) in [5.74, 6) is 0.934. The van der Waals surface area contributed by atoms with E-state index in [4.69, 9.17) is 10.5 Å². The molecular weight excluding hydrogens is 280 g/mol. The molecule has 1 fully saturated rings. The third kappa shape index (κ3) is 3.28. The maximum Gasteiger partial charge on any atom is 0.227 e. The molecule has 3 rings (SSSR count). The molecule has 2 heterocycles. The molecule has 1 aliphatic rings. The first-order chi connectivity index (χ1) is 10.8. The number of carbonyl (C=O) groups excluding carboxylic acids is 1. The zero-order valence-electron chi connectivity index (χ0n) is 12.4. The SMILES string of the molecule is NCCOc1ccc(CC(=O)N2CC(n3cccn3)C2)cc1. The van der Waals surface area contributed by atoms with Gasteiger partial charge < -0.3 is 15.4 Å². The Labute approximate surface area is 129 Å². The largest absolute Gasteiger partial charge is 0.492 e. The van der Waals surface area contributed by atoms with E-state index in [1.807, 2.05) is 46.1 Å². The summed E-state index contributed by atoms with van der Waals surface area (Å²) in [6.45, 7) is 2.46. The molecule has 116 valence electrons. The Balaban J connectivity index is 1.48. The molecule has 1 aromatic carbocycles. The summed E-state index contributed by atoms with van der Waals surface area (Å²) in [5, 5.41) is 4.21. The lowest BCUT2D eigenvalue weighted by atomic mass is 10.1. The topological polar surface area (TPSA) is 73.4 Å². The highest BCUT2D eigenvalue weighted by Gasteiger charge is 2.31. The van der Waals surface area contributed by atoms with Crippen molar-refractivity contribution in [3.05, 3.63) is 48.3 Å². The Bertz CT molecular complexity index is 604. The Hall–Kier alpha value is -2.34. The molecule has 1 amide bonds. The second-order valence-electron chi connectivity index (χ2n) is 5.40. The summed E-state index contributed by atoms with van der Waals surface area (Å²) in [4.78, 5) is 14.1. The van der Waals surface area contributed by atoms with Gasteiger partial charge in [0.15, 0.2) is 0 Å². The number of hydrogen-bond donors (Lipinski definition) is 1. The minimum Gasteiger partial charge on any atom is -0.492 e. The van der Waals surface area contributed by atoms with Gasteiger partial charge in [0.2, 0.25) is 5.91 Å². The number of rotatable bonds is 6.